The molecule has 0 N–H and O–H groups in total. The summed E-state index contributed by atoms with van der Waals surface area (Å²) >= 11 is 0. The summed E-state index contributed by atoms with van der Waals surface area (Å²) in [6.45, 7) is 1.77. The Morgan fingerprint density at radius 3 is 2.44 bits per heavy atom. The Hall–Kier alpha value is -2.27. The Bertz CT molecular complexity index is 701. The standard InChI is InChI=1S/C20H20F2O3/c1-14-11-18(24-13-16-5-3-2-4-6-16)19(20(14,21)22)25-17-9-7-15(12-23)8-10-17/h2-10,12,14,18-19H,11,13H2,1H3. The van der Waals surface area contributed by atoms with Crippen LogP contribution in [0.5, 0.6) is 5.75 Å². The number of hydrogen-bond donors (Lipinski definition) is 0. The van der Waals surface area contributed by atoms with E-state index in [1.165, 1.54) is 19.1 Å². The number of hydrogen-bond acceptors (Lipinski definition) is 3. The first kappa shape index (κ1) is 17.5. The molecule has 1 fully saturated rings. The van der Waals surface area contributed by atoms with Crippen LogP contribution < -0.4 is 4.74 Å². The maximum Gasteiger partial charge on any atom is 0.289 e. The SMILES string of the molecule is CC1CC(OCc2ccccc2)C(Oc2ccc(C=O)cc2)C1(F)F. The molecule has 1 aliphatic carbocycles. The van der Waals surface area contributed by atoms with Gasteiger partial charge in [0.15, 0.2) is 6.10 Å². The number of carbonyl (C=O) groups is 1. The Morgan fingerprint density at radius 1 is 1.12 bits per heavy atom. The molecule has 132 valence electrons. The van der Waals surface area contributed by atoms with Crippen molar-refractivity contribution in [2.45, 2.75) is 38.1 Å². The van der Waals surface area contributed by atoms with E-state index in [2.05, 4.69) is 0 Å². The first-order chi connectivity index (χ1) is 12.0. The van der Waals surface area contributed by atoms with Crippen LogP contribution in [0.1, 0.15) is 29.3 Å². The Labute approximate surface area is 145 Å². The molecule has 0 amide bonds. The van der Waals surface area contributed by atoms with Crippen LogP contribution in [0.25, 0.3) is 0 Å². The molecule has 0 aliphatic heterocycles. The number of alkyl halides is 2. The number of benzene rings is 2. The minimum atomic E-state index is -2.98. The smallest absolute Gasteiger partial charge is 0.289 e. The number of ether oxygens (including phenoxy) is 2. The van der Waals surface area contributed by atoms with Gasteiger partial charge in [0.2, 0.25) is 0 Å². The monoisotopic (exact) mass is 346 g/mol. The predicted octanol–water partition coefficient (Wildman–Crippen LogP) is 4.51. The van der Waals surface area contributed by atoms with E-state index < -0.39 is 24.0 Å². The molecule has 0 heterocycles. The zero-order chi connectivity index (χ0) is 17.9. The van der Waals surface area contributed by atoms with Gasteiger partial charge in [-0.15, -0.1) is 0 Å². The third-order valence-electron chi connectivity index (χ3n) is 4.55. The predicted molar refractivity (Wildman–Crippen MR) is 90.0 cm³/mol. The third-order valence-corrected chi connectivity index (χ3v) is 4.55. The van der Waals surface area contributed by atoms with Crippen molar-refractivity contribution in [3.8, 4) is 5.75 Å². The highest BCUT2D eigenvalue weighted by molar-refractivity contribution is 5.74. The summed E-state index contributed by atoms with van der Waals surface area (Å²) in [5, 5.41) is 0. The van der Waals surface area contributed by atoms with Crippen molar-refractivity contribution in [1.82, 2.24) is 0 Å². The van der Waals surface area contributed by atoms with E-state index in [-0.39, 0.29) is 13.0 Å². The van der Waals surface area contributed by atoms with Crippen LogP contribution in [0.3, 0.4) is 0 Å². The third kappa shape index (κ3) is 3.87. The lowest BCUT2D eigenvalue weighted by Gasteiger charge is -2.26. The number of halogens is 2. The summed E-state index contributed by atoms with van der Waals surface area (Å²) in [5.41, 5.74) is 1.40. The Balaban J connectivity index is 1.72. The molecule has 5 heteroatoms. The van der Waals surface area contributed by atoms with E-state index in [1.807, 2.05) is 30.3 Å². The lowest BCUT2D eigenvalue weighted by molar-refractivity contribution is -0.130. The topological polar surface area (TPSA) is 35.5 Å². The van der Waals surface area contributed by atoms with Gasteiger partial charge in [-0.05, 0) is 36.2 Å². The van der Waals surface area contributed by atoms with Crippen molar-refractivity contribution in [2.75, 3.05) is 0 Å². The van der Waals surface area contributed by atoms with Crippen LogP contribution in [0.15, 0.2) is 54.6 Å². The van der Waals surface area contributed by atoms with E-state index in [0.29, 0.717) is 17.6 Å². The van der Waals surface area contributed by atoms with Crippen molar-refractivity contribution >= 4 is 6.29 Å². The van der Waals surface area contributed by atoms with E-state index in [4.69, 9.17) is 9.47 Å². The minimum absolute atomic E-state index is 0.233. The highest BCUT2D eigenvalue weighted by Gasteiger charge is 2.57. The van der Waals surface area contributed by atoms with Gasteiger partial charge in [0.25, 0.3) is 5.92 Å². The van der Waals surface area contributed by atoms with Crippen molar-refractivity contribution in [3.05, 3.63) is 65.7 Å². The molecule has 0 saturated heterocycles. The normalized spacial score (nSPS) is 24.8. The molecule has 1 saturated carbocycles. The van der Waals surface area contributed by atoms with Gasteiger partial charge in [-0.3, -0.25) is 4.79 Å². The molecular weight excluding hydrogens is 326 g/mol. The van der Waals surface area contributed by atoms with Gasteiger partial charge < -0.3 is 9.47 Å². The Morgan fingerprint density at radius 2 is 1.80 bits per heavy atom. The molecule has 2 aromatic rings. The minimum Gasteiger partial charge on any atom is -0.481 e. The highest BCUT2D eigenvalue weighted by atomic mass is 19.3. The van der Waals surface area contributed by atoms with Crippen molar-refractivity contribution in [3.63, 3.8) is 0 Å². The molecule has 3 nitrogen and oxygen atoms in total. The van der Waals surface area contributed by atoms with E-state index in [9.17, 15) is 13.6 Å². The van der Waals surface area contributed by atoms with Gasteiger partial charge in [-0.25, -0.2) is 8.78 Å². The molecule has 3 unspecified atom stereocenters. The average Bonchev–Trinajstić information content (AvgIpc) is 2.84. The highest BCUT2D eigenvalue weighted by Crippen LogP contribution is 2.44. The largest absolute Gasteiger partial charge is 0.481 e. The second kappa shape index (κ2) is 7.31. The number of aldehydes is 1. The molecule has 0 radical (unpaired) electrons. The fraction of sp³-hybridized carbons (Fsp3) is 0.350. The summed E-state index contributed by atoms with van der Waals surface area (Å²) in [5.74, 6) is -3.50. The fourth-order valence-electron chi connectivity index (χ4n) is 3.02. The molecule has 3 atom stereocenters. The summed E-state index contributed by atoms with van der Waals surface area (Å²) < 4.78 is 40.4. The molecule has 0 spiro atoms. The van der Waals surface area contributed by atoms with Crippen LogP contribution in [0, 0.1) is 5.92 Å². The first-order valence-electron chi connectivity index (χ1n) is 8.26. The van der Waals surface area contributed by atoms with Crippen molar-refractivity contribution in [1.29, 1.82) is 0 Å². The number of rotatable bonds is 6. The summed E-state index contributed by atoms with van der Waals surface area (Å²) in [4.78, 5) is 10.7. The van der Waals surface area contributed by atoms with Gasteiger partial charge >= 0.3 is 0 Å². The zero-order valence-corrected chi connectivity index (χ0v) is 13.9. The molecular formula is C20H20F2O3. The maximum atomic E-state index is 14.5. The van der Waals surface area contributed by atoms with Crippen LogP contribution in [-0.2, 0) is 11.3 Å². The number of carbonyl (C=O) groups excluding carboxylic acids is 1. The van der Waals surface area contributed by atoms with Crippen molar-refractivity contribution in [2.24, 2.45) is 5.92 Å². The molecule has 0 bridgehead atoms. The Kier molecular flexibility index (Phi) is 5.13. The molecule has 2 aromatic carbocycles. The summed E-state index contributed by atoms with van der Waals surface area (Å²) in [6.07, 6.45) is -1.12. The summed E-state index contributed by atoms with van der Waals surface area (Å²) in [6, 6.07) is 15.6. The van der Waals surface area contributed by atoms with E-state index in [1.54, 1.807) is 12.1 Å². The second-order valence-corrected chi connectivity index (χ2v) is 6.37. The van der Waals surface area contributed by atoms with Gasteiger partial charge in [0.1, 0.15) is 18.1 Å². The van der Waals surface area contributed by atoms with Crippen LogP contribution in [0.4, 0.5) is 8.78 Å². The molecule has 1 aliphatic rings. The lowest BCUT2D eigenvalue weighted by Crippen LogP contribution is -2.42. The molecule has 25 heavy (non-hydrogen) atoms. The van der Waals surface area contributed by atoms with E-state index >= 15 is 0 Å². The average molecular weight is 346 g/mol. The van der Waals surface area contributed by atoms with Gasteiger partial charge in [-0.1, -0.05) is 37.3 Å². The van der Waals surface area contributed by atoms with Gasteiger partial charge in [-0.2, -0.15) is 0 Å². The van der Waals surface area contributed by atoms with Crippen LogP contribution >= 0.6 is 0 Å². The first-order valence-corrected chi connectivity index (χ1v) is 8.26. The fourth-order valence-corrected chi connectivity index (χ4v) is 3.02. The van der Waals surface area contributed by atoms with Gasteiger partial charge in [0.05, 0.1) is 6.61 Å². The van der Waals surface area contributed by atoms with Crippen LogP contribution in [0.2, 0.25) is 0 Å². The summed E-state index contributed by atoms with van der Waals surface area (Å²) in [7, 11) is 0. The lowest BCUT2D eigenvalue weighted by atomic mass is 10.1. The van der Waals surface area contributed by atoms with Crippen LogP contribution in [-0.4, -0.2) is 24.4 Å². The molecule has 0 aromatic heterocycles. The van der Waals surface area contributed by atoms with Gasteiger partial charge in [0, 0.05) is 11.5 Å². The molecule has 3 rings (SSSR count). The second-order valence-electron chi connectivity index (χ2n) is 6.37. The zero-order valence-electron chi connectivity index (χ0n) is 13.9. The van der Waals surface area contributed by atoms with E-state index in [0.717, 1.165) is 5.56 Å². The van der Waals surface area contributed by atoms with Crippen molar-refractivity contribution < 1.29 is 23.0 Å². The quantitative estimate of drug-likeness (QED) is 0.722. The maximum absolute atomic E-state index is 14.5.